The van der Waals surface area contributed by atoms with Crippen molar-refractivity contribution in [2.75, 3.05) is 19.8 Å². The Kier molecular flexibility index (Phi) is 7.45. The van der Waals surface area contributed by atoms with Crippen molar-refractivity contribution in [2.45, 2.75) is 45.6 Å². The molecule has 0 aliphatic carbocycles. The molecule has 0 spiro atoms. The van der Waals surface area contributed by atoms with Gasteiger partial charge in [-0.15, -0.1) is 0 Å². The fourth-order valence-corrected chi connectivity index (χ4v) is 1.26. The van der Waals surface area contributed by atoms with Crippen LogP contribution in [-0.4, -0.2) is 25.3 Å². The summed E-state index contributed by atoms with van der Waals surface area (Å²) in [4.78, 5) is 0. The highest BCUT2D eigenvalue weighted by Gasteiger charge is 2.21. The minimum atomic E-state index is -0.382. The molecule has 3 nitrogen and oxygen atoms in total. The molecule has 1 unspecified atom stereocenters. The molecule has 3 heteroatoms. The van der Waals surface area contributed by atoms with Crippen LogP contribution in [0, 0.1) is 11.3 Å². The van der Waals surface area contributed by atoms with Gasteiger partial charge in [0.2, 0.25) is 0 Å². The average Bonchev–Trinajstić information content (AvgIpc) is 2.22. The van der Waals surface area contributed by atoms with Crippen molar-refractivity contribution >= 4 is 0 Å². The quantitative estimate of drug-likeness (QED) is 0.607. The number of hydrogen-bond acceptors (Lipinski definition) is 3. The van der Waals surface area contributed by atoms with E-state index in [-0.39, 0.29) is 5.54 Å². The van der Waals surface area contributed by atoms with Crippen LogP contribution in [0.1, 0.15) is 40.0 Å². The molecule has 0 heterocycles. The van der Waals surface area contributed by atoms with Crippen molar-refractivity contribution in [2.24, 2.45) is 0 Å². The van der Waals surface area contributed by atoms with E-state index >= 15 is 0 Å². The summed E-state index contributed by atoms with van der Waals surface area (Å²) in [5.74, 6) is 0. The Balaban J connectivity index is 3.70. The zero-order valence-electron chi connectivity index (χ0n) is 9.60. The fraction of sp³-hybridized carbons (Fsp3) is 0.909. The molecule has 14 heavy (non-hydrogen) atoms. The topological polar surface area (TPSA) is 45.0 Å². The molecule has 0 amide bonds. The average molecular weight is 198 g/mol. The molecule has 0 aromatic heterocycles. The molecule has 0 fully saturated rings. The monoisotopic (exact) mass is 198 g/mol. The van der Waals surface area contributed by atoms with E-state index in [1.54, 1.807) is 0 Å². The first-order valence-electron chi connectivity index (χ1n) is 5.42. The third-order valence-electron chi connectivity index (χ3n) is 2.18. The number of nitrogens with one attached hydrogen (secondary N) is 1. The summed E-state index contributed by atoms with van der Waals surface area (Å²) in [6, 6.07) is 2.32. The van der Waals surface area contributed by atoms with Gasteiger partial charge in [0.25, 0.3) is 0 Å². The van der Waals surface area contributed by atoms with Crippen LogP contribution in [0.25, 0.3) is 0 Å². The molecule has 0 aromatic carbocycles. The van der Waals surface area contributed by atoms with Gasteiger partial charge in [0.05, 0.1) is 6.07 Å². The summed E-state index contributed by atoms with van der Waals surface area (Å²) in [5.41, 5.74) is -0.382. The molecule has 0 saturated heterocycles. The van der Waals surface area contributed by atoms with E-state index in [0.717, 1.165) is 39.0 Å². The molecule has 0 rings (SSSR count). The number of rotatable bonds is 8. The van der Waals surface area contributed by atoms with E-state index in [1.807, 2.05) is 13.8 Å². The van der Waals surface area contributed by atoms with E-state index in [0.29, 0.717) is 0 Å². The summed E-state index contributed by atoms with van der Waals surface area (Å²) in [7, 11) is 0. The van der Waals surface area contributed by atoms with E-state index in [1.165, 1.54) is 0 Å². The van der Waals surface area contributed by atoms with Gasteiger partial charge in [0.1, 0.15) is 5.54 Å². The van der Waals surface area contributed by atoms with Gasteiger partial charge in [-0.2, -0.15) is 5.26 Å². The minimum Gasteiger partial charge on any atom is -0.382 e. The lowest BCUT2D eigenvalue weighted by Gasteiger charge is -2.22. The number of hydrogen-bond donors (Lipinski definition) is 1. The number of ether oxygens (including phenoxy) is 1. The predicted octanol–water partition coefficient (Wildman–Crippen LogP) is 2.08. The molecule has 1 atom stereocenters. The Hall–Kier alpha value is -0.590. The number of nitriles is 1. The predicted molar refractivity (Wildman–Crippen MR) is 58.0 cm³/mol. The first-order chi connectivity index (χ1) is 6.68. The van der Waals surface area contributed by atoms with Gasteiger partial charge in [0.15, 0.2) is 0 Å². The van der Waals surface area contributed by atoms with Crippen molar-refractivity contribution in [3.05, 3.63) is 0 Å². The van der Waals surface area contributed by atoms with Gasteiger partial charge < -0.3 is 4.74 Å². The third kappa shape index (κ3) is 5.95. The second-order valence-electron chi connectivity index (χ2n) is 3.67. The second kappa shape index (κ2) is 7.78. The molecule has 0 radical (unpaired) electrons. The largest absolute Gasteiger partial charge is 0.382 e. The lowest BCUT2D eigenvalue weighted by molar-refractivity contribution is 0.138. The molecule has 1 N–H and O–H groups in total. The Morgan fingerprint density at radius 1 is 1.43 bits per heavy atom. The van der Waals surface area contributed by atoms with E-state index < -0.39 is 0 Å². The molecule has 82 valence electrons. The van der Waals surface area contributed by atoms with Crippen molar-refractivity contribution in [3.8, 4) is 6.07 Å². The Morgan fingerprint density at radius 2 is 2.14 bits per heavy atom. The summed E-state index contributed by atoms with van der Waals surface area (Å²) < 4.78 is 5.24. The first-order valence-corrected chi connectivity index (χ1v) is 5.42. The van der Waals surface area contributed by atoms with Crippen molar-refractivity contribution < 1.29 is 4.74 Å². The lowest BCUT2D eigenvalue weighted by Crippen LogP contribution is -2.41. The van der Waals surface area contributed by atoms with Gasteiger partial charge in [-0.3, -0.25) is 5.32 Å². The van der Waals surface area contributed by atoms with Crippen molar-refractivity contribution in [1.82, 2.24) is 5.32 Å². The highest BCUT2D eigenvalue weighted by molar-refractivity contribution is 5.03. The van der Waals surface area contributed by atoms with Crippen LogP contribution in [0.2, 0.25) is 0 Å². The summed E-state index contributed by atoms with van der Waals surface area (Å²) in [6.45, 7) is 8.45. The Labute approximate surface area is 87.4 Å². The normalized spacial score (nSPS) is 14.7. The molecule has 0 aliphatic rings. The number of nitrogens with zero attached hydrogens (tertiary/aromatic N) is 1. The first kappa shape index (κ1) is 13.4. The molecule has 0 aliphatic heterocycles. The molecule has 0 aromatic rings. The third-order valence-corrected chi connectivity index (χ3v) is 2.18. The Morgan fingerprint density at radius 3 is 2.64 bits per heavy atom. The van der Waals surface area contributed by atoms with Crippen molar-refractivity contribution in [3.63, 3.8) is 0 Å². The second-order valence-corrected chi connectivity index (χ2v) is 3.67. The van der Waals surface area contributed by atoms with Crippen LogP contribution in [0.3, 0.4) is 0 Å². The van der Waals surface area contributed by atoms with Gasteiger partial charge >= 0.3 is 0 Å². The maximum atomic E-state index is 9.02. The highest BCUT2D eigenvalue weighted by atomic mass is 16.5. The molecule has 0 bridgehead atoms. The zero-order chi connectivity index (χ0) is 10.9. The van der Waals surface area contributed by atoms with E-state index in [4.69, 9.17) is 10.00 Å². The maximum absolute atomic E-state index is 9.02. The minimum absolute atomic E-state index is 0.382. The van der Waals surface area contributed by atoms with Crippen LogP contribution in [0.5, 0.6) is 0 Å². The van der Waals surface area contributed by atoms with Gasteiger partial charge in [-0.25, -0.2) is 0 Å². The fourth-order valence-electron chi connectivity index (χ4n) is 1.26. The standard InChI is InChI=1S/C11H22N2O/c1-4-8-13-11(3,10-12)7-6-9-14-5-2/h13H,4-9H2,1-3H3. The van der Waals surface area contributed by atoms with E-state index in [2.05, 4.69) is 18.3 Å². The molecule has 0 saturated carbocycles. The molecular formula is C11H22N2O. The lowest BCUT2D eigenvalue weighted by atomic mass is 9.98. The van der Waals surface area contributed by atoms with Crippen LogP contribution in [0.15, 0.2) is 0 Å². The van der Waals surface area contributed by atoms with Gasteiger partial charge in [-0.1, -0.05) is 6.92 Å². The smallest absolute Gasteiger partial charge is 0.104 e. The van der Waals surface area contributed by atoms with Crippen molar-refractivity contribution in [1.29, 1.82) is 5.26 Å². The van der Waals surface area contributed by atoms with Crippen LogP contribution in [0.4, 0.5) is 0 Å². The summed E-state index contributed by atoms with van der Waals surface area (Å²) in [6.07, 6.45) is 2.85. The molecular weight excluding hydrogens is 176 g/mol. The Bertz CT molecular complexity index is 177. The SMILES string of the molecule is CCCNC(C)(C#N)CCCOCC. The summed E-state index contributed by atoms with van der Waals surface area (Å²) >= 11 is 0. The highest BCUT2D eigenvalue weighted by Crippen LogP contribution is 2.11. The van der Waals surface area contributed by atoms with Gasteiger partial charge in [0, 0.05) is 13.2 Å². The van der Waals surface area contributed by atoms with Crippen LogP contribution >= 0.6 is 0 Å². The van der Waals surface area contributed by atoms with E-state index in [9.17, 15) is 0 Å². The zero-order valence-corrected chi connectivity index (χ0v) is 9.60. The van der Waals surface area contributed by atoms with Crippen LogP contribution in [-0.2, 0) is 4.74 Å². The maximum Gasteiger partial charge on any atom is 0.104 e. The van der Waals surface area contributed by atoms with Gasteiger partial charge in [-0.05, 0) is 39.7 Å². The van der Waals surface area contributed by atoms with Crippen LogP contribution < -0.4 is 5.32 Å². The summed E-state index contributed by atoms with van der Waals surface area (Å²) in [5, 5.41) is 12.3.